The SMILES string of the molecule is CC(=O)N1CCC(NC2CCOCC2)=C(C(=N)c2cccc3c2CC(=O)N(c2ccc(N(C)C)nc2)C3)C1. The summed E-state index contributed by atoms with van der Waals surface area (Å²) in [5, 5.41) is 13.0. The highest BCUT2D eigenvalue weighted by atomic mass is 16.5. The minimum absolute atomic E-state index is 0.00946. The zero-order valence-electron chi connectivity index (χ0n) is 22.4. The summed E-state index contributed by atoms with van der Waals surface area (Å²) in [7, 11) is 3.87. The molecule has 0 atom stereocenters. The van der Waals surface area contributed by atoms with Gasteiger partial charge >= 0.3 is 0 Å². The smallest absolute Gasteiger partial charge is 0.231 e. The van der Waals surface area contributed by atoms with Crippen LogP contribution in [0, 0.1) is 5.41 Å². The number of ether oxygens (including phenoxy) is 1. The molecule has 1 aromatic heterocycles. The summed E-state index contributed by atoms with van der Waals surface area (Å²) in [4.78, 5) is 35.5. The second kappa shape index (κ2) is 10.9. The first-order valence-electron chi connectivity index (χ1n) is 13.3. The van der Waals surface area contributed by atoms with Gasteiger partial charge in [0.1, 0.15) is 5.82 Å². The number of hydrogen-bond donors (Lipinski definition) is 2. The van der Waals surface area contributed by atoms with Crippen LogP contribution in [0.5, 0.6) is 0 Å². The minimum atomic E-state index is -0.0132. The lowest BCUT2D eigenvalue weighted by Crippen LogP contribution is -2.43. The van der Waals surface area contributed by atoms with E-state index in [1.165, 1.54) is 0 Å². The van der Waals surface area contributed by atoms with Crippen molar-refractivity contribution in [3.8, 4) is 0 Å². The fraction of sp³-hybridized carbons (Fsp3) is 0.448. The van der Waals surface area contributed by atoms with Crippen LogP contribution in [0.15, 0.2) is 47.8 Å². The summed E-state index contributed by atoms with van der Waals surface area (Å²) < 4.78 is 5.52. The Morgan fingerprint density at radius 3 is 2.63 bits per heavy atom. The normalized spacial score (nSPS) is 18.3. The minimum Gasteiger partial charge on any atom is -0.385 e. The fourth-order valence-electron chi connectivity index (χ4n) is 5.44. The zero-order valence-corrected chi connectivity index (χ0v) is 22.4. The summed E-state index contributed by atoms with van der Waals surface area (Å²) in [6.45, 7) is 4.51. The van der Waals surface area contributed by atoms with Crippen LogP contribution in [0.2, 0.25) is 0 Å². The molecule has 1 saturated heterocycles. The van der Waals surface area contributed by atoms with Crippen molar-refractivity contribution in [2.24, 2.45) is 0 Å². The van der Waals surface area contributed by atoms with Crippen LogP contribution in [-0.4, -0.2) is 73.9 Å². The number of hydrogen-bond acceptors (Lipinski definition) is 7. The lowest BCUT2D eigenvalue weighted by Gasteiger charge is -2.35. The molecule has 3 aliphatic heterocycles. The molecule has 4 heterocycles. The number of amides is 2. The number of carbonyl (C=O) groups is 2. The van der Waals surface area contributed by atoms with Crippen LogP contribution in [0.25, 0.3) is 0 Å². The Labute approximate surface area is 224 Å². The average Bonchev–Trinajstić information content (AvgIpc) is 2.92. The largest absolute Gasteiger partial charge is 0.385 e. The molecule has 38 heavy (non-hydrogen) atoms. The highest BCUT2D eigenvalue weighted by molar-refractivity contribution is 6.13. The molecule has 2 amide bonds. The molecule has 0 bridgehead atoms. The summed E-state index contributed by atoms with van der Waals surface area (Å²) in [5.41, 5.74) is 5.72. The number of rotatable bonds is 6. The molecule has 2 N–H and O–H groups in total. The molecule has 3 aliphatic rings. The molecular weight excluding hydrogens is 480 g/mol. The highest BCUT2D eigenvalue weighted by Crippen LogP contribution is 2.30. The van der Waals surface area contributed by atoms with E-state index in [2.05, 4.69) is 10.3 Å². The molecule has 0 spiro atoms. The van der Waals surface area contributed by atoms with E-state index in [1.807, 2.05) is 49.3 Å². The number of benzene rings is 1. The predicted octanol–water partition coefficient (Wildman–Crippen LogP) is 2.88. The molecule has 9 heteroatoms. The first-order valence-corrected chi connectivity index (χ1v) is 13.3. The van der Waals surface area contributed by atoms with Gasteiger partial charge in [-0.15, -0.1) is 0 Å². The molecular formula is C29H36N6O3. The Hall–Kier alpha value is -3.72. The first kappa shape index (κ1) is 25.9. The summed E-state index contributed by atoms with van der Waals surface area (Å²) in [5.74, 6) is 0.829. The second-order valence-corrected chi connectivity index (χ2v) is 10.4. The molecule has 5 rings (SSSR count). The van der Waals surface area contributed by atoms with E-state index in [0.29, 0.717) is 37.8 Å². The summed E-state index contributed by atoms with van der Waals surface area (Å²) >= 11 is 0. The number of anilines is 2. The van der Waals surface area contributed by atoms with Gasteiger partial charge in [-0.3, -0.25) is 15.0 Å². The Balaban J connectivity index is 1.44. The quantitative estimate of drug-likeness (QED) is 0.573. The predicted molar refractivity (Wildman–Crippen MR) is 148 cm³/mol. The standard InChI is InChI=1S/C29H36N6O3/c1-19(36)34-12-9-26(32-21-10-13-38-14-11-21)25(18-34)29(30)23-6-4-5-20-17-35(28(37)15-24(20)23)22-7-8-27(31-16-22)33(2)3/h4-8,16,21,30,32H,9-15,17-18H2,1-3H3. The lowest BCUT2D eigenvalue weighted by molar-refractivity contribution is -0.128. The van der Waals surface area contributed by atoms with E-state index < -0.39 is 0 Å². The molecule has 200 valence electrons. The van der Waals surface area contributed by atoms with E-state index in [1.54, 1.807) is 22.9 Å². The maximum absolute atomic E-state index is 13.3. The Bertz CT molecular complexity index is 1260. The van der Waals surface area contributed by atoms with Gasteiger partial charge in [-0.2, -0.15) is 0 Å². The van der Waals surface area contributed by atoms with Crippen molar-refractivity contribution in [2.75, 3.05) is 50.2 Å². The Morgan fingerprint density at radius 1 is 1.16 bits per heavy atom. The van der Waals surface area contributed by atoms with Crippen LogP contribution in [0.1, 0.15) is 42.9 Å². The molecule has 1 fully saturated rings. The molecule has 0 radical (unpaired) electrons. The third-order valence-electron chi connectivity index (χ3n) is 7.69. The lowest BCUT2D eigenvalue weighted by atomic mass is 9.87. The monoisotopic (exact) mass is 516 g/mol. The number of aromatic nitrogens is 1. The van der Waals surface area contributed by atoms with Crippen molar-refractivity contribution < 1.29 is 14.3 Å². The number of fused-ring (bicyclic) bond motifs is 1. The van der Waals surface area contributed by atoms with Gasteiger partial charge in [0.25, 0.3) is 0 Å². The molecule has 0 aliphatic carbocycles. The second-order valence-electron chi connectivity index (χ2n) is 10.4. The summed E-state index contributed by atoms with van der Waals surface area (Å²) in [6, 6.07) is 10.1. The molecule has 9 nitrogen and oxygen atoms in total. The van der Waals surface area contributed by atoms with Crippen LogP contribution < -0.4 is 15.1 Å². The highest BCUT2D eigenvalue weighted by Gasteiger charge is 2.31. The average molecular weight is 517 g/mol. The zero-order chi connectivity index (χ0) is 26.8. The molecule has 2 aromatic rings. The van der Waals surface area contributed by atoms with Gasteiger partial charge < -0.3 is 24.8 Å². The third kappa shape index (κ3) is 5.29. The van der Waals surface area contributed by atoms with Gasteiger partial charge in [0, 0.05) is 76.6 Å². The van der Waals surface area contributed by atoms with Gasteiger partial charge in [-0.1, -0.05) is 18.2 Å². The van der Waals surface area contributed by atoms with Gasteiger partial charge in [0.2, 0.25) is 11.8 Å². The number of carbonyl (C=O) groups excluding carboxylic acids is 2. The van der Waals surface area contributed by atoms with Crippen molar-refractivity contribution in [3.63, 3.8) is 0 Å². The van der Waals surface area contributed by atoms with Crippen molar-refractivity contribution in [2.45, 2.75) is 45.2 Å². The van der Waals surface area contributed by atoms with E-state index in [4.69, 9.17) is 4.74 Å². The molecule has 1 aromatic carbocycles. The topological polar surface area (TPSA) is 102 Å². The Morgan fingerprint density at radius 2 is 1.95 bits per heavy atom. The van der Waals surface area contributed by atoms with Crippen LogP contribution in [-0.2, 0) is 27.3 Å². The van der Waals surface area contributed by atoms with E-state index in [-0.39, 0.29) is 18.2 Å². The van der Waals surface area contributed by atoms with Gasteiger partial charge in [-0.25, -0.2) is 4.98 Å². The van der Waals surface area contributed by atoms with E-state index in [9.17, 15) is 15.0 Å². The third-order valence-corrected chi connectivity index (χ3v) is 7.69. The number of nitrogens with zero attached hydrogens (tertiary/aromatic N) is 4. The molecule has 0 unspecified atom stereocenters. The number of pyridine rings is 1. The van der Waals surface area contributed by atoms with Gasteiger partial charge in [0.15, 0.2) is 0 Å². The van der Waals surface area contributed by atoms with Gasteiger partial charge in [-0.05, 0) is 36.1 Å². The van der Waals surface area contributed by atoms with E-state index in [0.717, 1.165) is 65.5 Å². The fourth-order valence-corrected chi connectivity index (χ4v) is 5.44. The maximum Gasteiger partial charge on any atom is 0.231 e. The van der Waals surface area contributed by atoms with Crippen LogP contribution >= 0.6 is 0 Å². The van der Waals surface area contributed by atoms with Crippen molar-refractivity contribution in [1.82, 2.24) is 15.2 Å². The summed E-state index contributed by atoms with van der Waals surface area (Å²) in [6.07, 6.45) is 4.50. The van der Waals surface area contributed by atoms with E-state index >= 15 is 0 Å². The van der Waals surface area contributed by atoms with Gasteiger partial charge in [0.05, 0.1) is 30.6 Å². The van der Waals surface area contributed by atoms with Crippen LogP contribution in [0.4, 0.5) is 11.5 Å². The van der Waals surface area contributed by atoms with Crippen molar-refractivity contribution in [3.05, 3.63) is 64.5 Å². The van der Waals surface area contributed by atoms with Crippen molar-refractivity contribution in [1.29, 1.82) is 5.41 Å². The van der Waals surface area contributed by atoms with Crippen molar-refractivity contribution >= 4 is 29.0 Å². The number of nitrogens with one attached hydrogen (secondary N) is 2. The maximum atomic E-state index is 13.3. The first-order chi connectivity index (χ1) is 18.3. The van der Waals surface area contributed by atoms with Crippen LogP contribution in [0.3, 0.4) is 0 Å². The Kier molecular flexibility index (Phi) is 7.46. The molecule has 0 saturated carbocycles.